The SMILES string of the molecule is c1ccc(-c2cccc3c(-c4ccc(N5c6ccccc6B6c7ccccc7N(c7ccc(-c8cccc9c(-c%10ccccc%10)cccc89)cc7)c7cccc5c76)cc4)cccc23)cc1. The van der Waals surface area contributed by atoms with Gasteiger partial charge in [0.25, 0.3) is 6.71 Å². The van der Waals surface area contributed by atoms with Gasteiger partial charge in [0, 0.05) is 34.1 Å². The monoisotopic (exact) mass is 824 g/mol. The molecule has 2 aliphatic rings. The van der Waals surface area contributed by atoms with Crippen molar-refractivity contribution in [3.63, 3.8) is 0 Å². The third-order valence-corrected chi connectivity index (χ3v) is 13.7. The molecular weight excluding hydrogens is 784 g/mol. The molecule has 302 valence electrons. The van der Waals surface area contributed by atoms with E-state index < -0.39 is 0 Å². The molecule has 0 saturated carbocycles. The van der Waals surface area contributed by atoms with Gasteiger partial charge < -0.3 is 9.80 Å². The highest BCUT2D eigenvalue weighted by Gasteiger charge is 2.42. The van der Waals surface area contributed by atoms with E-state index in [4.69, 9.17) is 0 Å². The minimum atomic E-state index is 0.0867. The van der Waals surface area contributed by atoms with Crippen molar-refractivity contribution in [1.82, 2.24) is 0 Å². The van der Waals surface area contributed by atoms with Gasteiger partial charge in [-0.1, -0.05) is 200 Å². The first-order valence-corrected chi connectivity index (χ1v) is 22.5. The average Bonchev–Trinajstić information content (AvgIpc) is 3.38. The summed E-state index contributed by atoms with van der Waals surface area (Å²) in [6.07, 6.45) is 0. The highest BCUT2D eigenvalue weighted by atomic mass is 15.2. The average molecular weight is 825 g/mol. The van der Waals surface area contributed by atoms with Crippen molar-refractivity contribution in [2.45, 2.75) is 0 Å². The quantitative estimate of drug-likeness (QED) is 0.154. The van der Waals surface area contributed by atoms with Crippen LogP contribution in [0.25, 0.3) is 66.1 Å². The highest BCUT2D eigenvalue weighted by molar-refractivity contribution is 7.00. The molecule has 0 unspecified atom stereocenters. The summed E-state index contributed by atoms with van der Waals surface area (Å²) >= 11 is 0. The second kappa shape index (κ2) is 15.2. The van der Waals surface area contributed by atoms with Gasteiger partial charge in [-0.25, -0.2) is 0 Å². The first kappa shape index (κ1) is 37.2. The van der Waals surface area contributed by atoms with Crippen LogP contribution in [0.5, 0.6) is 0 Å². The van der Waals surface area contributed by atoms with Crippen LogP contribution in [-0.2, 0) is 0 Å². The van der Waals surface area contributed by atoms with E-state index in [1.165, 1.54) is 105 Å². The van der Waals surface area contributed by atoms with Crippen molar-refractivity contribution in [2.24, 2.45) is 0 Å². The topological polar surface area (TPSA) is 6.48 Å². The van der Waals surface area contributed by atoms with Crippen molar-refractivity contribution >= 4 is 78.8 Å². The fourth-order valence-electron chi connectivity index (χ4n) is 10.8. The zero-order valence-corrected chi connectivity index (χ0v) is 35.6. The minimum Gasteiger partial charge on any atom is -0.311 e. The predicted molar refractivity (Wildman–Crippen MR) is 277 cm³/mol. The van der Waals surface area contributed by atoms with E-state index >= 15 is 0 Å². The number of rotatable bonds is 6. The number of benzene rings is 11. The van der Waals surface area contributed by atoms with Crippen LogP contribution in [0.4, 0.5) is 34.1 Å². The van der Waals surface area contributed by atoms with Crippen LogP contribution in [-0.4, -0.2) is 6.71 Å². The lowest BCUT2D eigenvalue weighted by Crippen LogP contribution is -2.61. The van der Waals surface area contributed by atoms with Gasteiger partial charge in [-0.05, 0) is 131 Å². The Balaban J connectivity index is 0.908. The third kappa shape index (κ3) is 5.97. The van der Waals surface area contributed by atoms with Gasteiger partial charge >= 0.3 is 0 Å². The second-order valence-electron chi connectivity index (χ2n) is 17.2. The van der Waals surface area contributed by atoms with E-state index in [0.717, 1.165) is 11.4 Å². The molecule has 0 bridgehead atoms. The van der Waals surface area contributed by atoms with E-state index in [9.17, 15) is 0 Å². The summed E-state index contributed by atoms with van der Waals surface area (Å²) < 4.78 is 0. The molecule has 2 aliphatic heterocycles. The van der Waals surface area contributed by atoms with Crippen molar-refractivity contribution in [3.8, 4) is 44.5 Å². The Hall–Kier alpha value is -8.40. The van der Waals surface area contributed by atoms with Crippen molar-refractivity contribution < 1.29 is 0 Å². The van der Waals surface area contributed by atoms with Gasteiger partial charge in [-0.3, -0.25) is 0 Å². The predicted octanol–water partition coefficient (Wildman–Crippen LogP) is 14.7. The molecule has 0 amide bonds. The zero-order valence-electron chi connectivity index (χ0n) is 35.6. The van der Waals surface area contributed by atoms with Gasteiger partial charge in [-0.2, -0.15) is 0 Å². The standard InChI is InChI=1S/C62H41BN2/c1-3-16-42(17-4-1)48-20-11-26-54-50(22-13-24-52(48)54)44-34-38-46(39-35-44)64-58-30-9-7-28-56(58)63-57-29-8-10-31-59(57)65(61-33-15-32-60(64)62(61)63)47-40-36-45(37-41-47)51-23-14-25-53-49(21-12-27-55(51)53)43-18-5-2-6-19-43/h1-41H. The molecule has 11 aromatic carbocycles. The van der Waals surface area contributed by atoms with Gasteiger partial charge in [-0.15, -0.1) is 0 Å². The number of para-hydroxylation sites is 2. The number of fused-ring (bicyclic) bond motifs is 6. The first-order valence-electron chi connectivity index (χ1n) is 22.5. The van der Waals surface area contributed by atoms with E-state index in [1.54, 1.807) is 0 Å². The summed E-state index contributed by atoms with van der Waals surface area (Å²) in [4.78, 5) is 4.95. The number of anilines is 6. The highest BCUT2D eigenvalue weighted by Crippen LogP contribution is 2.45. The van der Waals surface area contributed by atoms with Gasteiger partial charge in [0.05, 0.1) is 0 Å². The van der Waals surface area contributed by atoms with Crippen LogP contribution < -0.4 is 26.2 Å². The Kier molecular flexibility index (Phi) is 8.67. The van der Waals surface area contributed by atoms with Gasteiger partial charge in [0.1, 0.15) is 0 Å². The molecule has 3 heteroatoms. The van der Waals surface area contributed by atoms with Crippen LogP contribution in [0, 0.1) is 0 Å². The number of nitrogens with zero attached hydrogens (tertiary/aromatic N) is 2. The molecule has 0 fully saturated rings. The molecule has 0 aliphatic carbocycles. The summed E-state index contributed by atoms with van der Waals surface area (Å²) in [6.45, 7) is 0.0867. The lowest BCUT2D eigenvalue weighted by Gasteiger charge is -2.44. The normalized spacial score (nSPS) is 12.5. The summed E-state index contributed by atoms with van der Waals surface area (Å²) in [7, 11) is 0. The molecule has 0 spiro atoms. The fraction of sp³-hybridized carbons (Fsp3) is 0. The molecule has 2 nitrogen and oxygen atoms in total. The van der Waals surface area contributed by atoms with Crippen molar-refractivity contribution in [1.29, 1.82) is 0 Å². The van der Waals surface area contributed by atoms with Crippen LogP contribution in [0.15, 0.2) is 249 Å². The molecule has 0 radical (unpaired) electrons. The molecular formula is C62H41BN2. The van der Waals surface area contributed by atoms with E-state index in [1.807, 2.05) is 0 Å². The maximum atomic E-state index is 2.48. The Labute approximate surface area is 380 Å². The van der Waals surface area contributed by atoms with Crippen molar-refractivity contribution in [2.75, 3.05) is 9.80 Å². The molecule has 0 atom stereocenters. The molecule has 0 N–H and O–H groups in total. The van der Waals surface area contributed by atoms with Crippen LogP contribution in [0.1, 0.15) is 0 Å². The largest absolute Gasteiger partial charge is 0.311 e. The third-order valence-electron chi connectivity index (χ3n) is 13.7. The summed E-state index contributed by atoms with van der Waals surface area (Å²) in [5.41, 5.74) is 20.9. The van der Waals surface area contributed by atoms with Gasteiger partial charge in [0.15, 0.2) is 0 Å². The van der Waals surface area contributed by atoms with Gasteiger partial charge in [0.2, 0.25) is 0 Å². The summed E-state index contributed by atoms with van der Waals surface area (Å²) in [5.74, 6) is 0. The molecule has 2 heterocycles. The summed E-state index contributed by atoms with van der Waals surface area (Å²) in [5, 5.41) is 5.03. The minimum absolute atomic E-state index is 0.0867. The molecule has 0 aromatic heterocycles. The van der Waals surface area contributed by atoms with E-state index in [2.05, 4.69) is 259 Å². The first-order chi connectivity index (χ1) is 32.3. The van der Waals surface area contributed by atoms with Crippen LogP contribution in [0.2, 0.25) is 0 Å². The lowest BCUT2D eigenvalue weighted by atomic mass is 9.33. The molecule has 0 saturated heterocycles. The Morgan fingerprint density at radius 2 is 0.538 bits per heavy atom. The number of hydrogen-bond acceptors (Lipinski definition) is 2. The Bertz CT molecular complexity index is 3360. The van der Waals surface area contributed by atoms with E-state index in [0.29, 0.717) is 0 Å². The summed E-state index contributed by atoms with van der Waals surface area (Å²) in [6, 6.07) is 91.4. The van der Waals surface area contributed by atoms with Crippen LogP contribution >= 0.6 is 0 Å². The lowest BCUT2D eigenvalue weighted by molar-refractivity contribution is 1.25. The Morgan fingerprint density at radius 3 is 0.923 bits per heavy atom. The zero-order chi connectivity index (χ0) is 42.8. The maximum Gasteiger partial charge on any atom is 0.252 e. The number of hydrogen-bond donors (Lipinski definition) is 0. The smallest absolute Gasteiger partial charge is 0.252 e. The molecule has 11 aromatic rings. The maximum absolute atomic E-state index is 2.48. The second-order valence-corrected chi connectivity index (χ2v) is 17.2. The van der Waals surface area contributed by atoms with Crippen LogP contribution in [0.3, 0.4) is 0 Å². The molecule has 65 heavy (non-hydrogen) atoms. The fourth-order valence-corrected chi connectivity index (χ4v) is 10.8. The van der Waals surface area contributed by atoms with Crippen molar-refractivity contribution in [3.05, 3.63) is 249 Å². The molecule has 13 rings (SSSR count). The Morgan fingerprint density at radius 1 is 0.231 bits per heavy atom. The van der Waals surface area contributed by atoms with E-state index in [-0.39, 0.29) is 6.71 Å².